The molecule has 22 heavy (non-hydrogen) atoms. The van der Waals surface area contributed by atoms with Gasteiger partial charge in [-0.2, -0.15) is 0 Å². The van der Waals surface area contributed by atoms with Gasteiger partial charge in [-0.25, -0.2) is 0 Å². The SMILES string of the molecule is C[C@H](NC(=S)Nc1ccccc1)c1ccc2c(c1)OCCO2. The standard InChI is InChI=1S/C17H18N2O2S/c1-12(18-17(22)19-14-5-3-2-4-6-14)13-7-8-15-16(11-13)21-10-9-20-15/h2-8,11-12H,9-10H2,1H3,(H2,18,19,22)/t12-/m0/s1. The van der Waals surface area contributed by atoms with Crippen LogP contribution >= 0.6 is 12.2 Å². The summed E-state index contributed by atoms with van der Waals surface area (Å²) in [4.78, 5) is 0. The predicted molar refractivity (Wildman–Crippen MR) is 91.6 cm³/mol. The van der Waals surface area contributed by atoms with Crippen molar-refractivity contribution < 1.29 is 9.47 Å². The van der Waals surface area contributed by atoms with Gasteiger partial charge in [-0.15, -0.1) is 0 Å². The molecular formula is C17H18N2O2S. The van der Waals surface area contributed by atoms with Crippen LogP contribution in [0.3, 0.4) is 0 Å². The number of nitrogens with one attached hydrogen (secondary N) is 2. The van der Waals surface area contributed by atoms with E-state index in [2.05, 4.69) is 17.6 Å². The van der Waals surface area contributed by atoms with E-state index in [1.54, 1.807) is 0 Å². The molecule has 0 bridgehead atoms. The number of anilines is 1. The highest BCUT2D eigenvalue weighted by Gasteiger charge is 2.14. The predicted octanol–water partition coefficient (Wildman–Crippen LogP) is 3.51. The van der Waals surface area contributed by atoms with Gasteiger partial charge in [0.15, 0.2) is 16.6 Å². The van der Waals surface area contributed by atoms with Gasteiger partial charge in [0.1, 0.15) is 13.2 Å². The summed E-state index contributed by atoms with van der Waals surface area (Å²) in [5.74, 6) is 1.59. The number of hydrogen-bond donors (Lipinski definition) is 2. The monoisotopic (exact) mass is 314 g/mol. The Morgan fingerprint density at radius 2 is 1.77 bits per heavy atom. The fourth-order valence-electron chi connectivity index (χ4n) is 2.30. The molecule has 1 aliphatic heterocycles. The maximum atomic E-state index is 5.61. The second kappa shape index (κ2) is 6.66. The summed E-state index contributed by atoms with van der Waals surface area (Å²) in [5, 5.41) is 7.04. The van der Waals surface area contributed by atoms with E-state index in [4.69, 9.17) is 21.7 Å². The van der Waals surface area contributed by atoms with Crippen LogP contribution in [0.4, 0.5) is 5.69 Å². The fraction of sp³-hybridized carbons (Fsp3) is 0.235. The molecule has 1 atom stereocenters. The number of ether oxygens (including phenoxy) is 2. The molecule has 1 aliphatic rings. The lowest BCUT2D eigenvalue weighted by atomic mass is 10.1. The van der Waals surface area contributed by atoms with Gasteiger partial charge in [0.05, 0.1) is 6.04 Å². The number of benzene rings is 2. The Balaban J connectivity index is 1.64. The third-order valence-electron chi connectivity index (χ3n) is 3.45. The maximum absolute atomic E-state index is 5.61. The van der Waals surface area contributed by atoms with Crippen molar-refractivity contribution >= 4 is 23.0 Å². The van der Waals surface area contributed by atoms with Crippen molar-refractivity contribution in [1.29, 1.82) is 0 Å². The molecule has 0 aromatic heterocycles. The molecule has 2 N–H and O–H groups in total. The lowest BCUT2D eigenvalue weighted by Crippen LogP contribution is -2.31. The van der Waals surface area contributed by atoms with Crippen LogP contribution in [0.25, 0.3) is 0 Å². The number of thiocarbonyl (C=S) groups is 1. The largest absolute Gasteiger partial charge is 0.486 e. The summed E-state index contributed by atoms with van der Waals surface area (Å²) < 4.78 is 11.1. The summed E-state index contributed by atoms with van der Waals surface area (Å²) >= 11 is 5.36. The summed E-state index contributed by atoms with van der Waals surface area (Å²) in [7, 11) is 0. The molecule has 3 rings (SSSR count). The van der Waals surface area contributed by atoms with Crippen LogP contribution in [0.5, 0.6) is 11.5 Å². The number of fused-ring (bicyclic) bond motifs is 1. The van der Waals surface area contributed by atoms with E-state index in [0.717, 1.165) is 22.7 Å². The average Bonchev–Trinajstić information content (AvgIpc) is 2.55. The van der Waals surface area contributed by atoms with E-state index in [1.165, 1.54) is 0 Å². The Bertz CT molecular complexity index is 661. The van der Waals surface area contributed by atoms with Crippen molar-refractivity contribution in [2.45, 2.75) is 13.0 Å². The smallest absolute Gasteiger partial charge is 0.171 e. The second-order valence-electron chi connectivity index (χ2n) is 5.09. The Kier molecular flexibility index (Phi) is 4.44. The highest BCUT2D eigenvalue weighted by molar-refractivity contribution is 7.80. The minimum absolute atomic E-state index is 0.0690. The van der Waals surface area contributed by atoms with E-state index in [-0.39, 0.29) is 6.04 Å². The highest BCUT2D eigenvalue weighted by atomic mass is 32.1. The van der Waals surface area contributed by atoms with Crippen LogP contribution < -0.4 is 20.1 Å². The lowest BCUT2D eigenvalue weighted by Gasteiger charge is -2.22. The van der Waals surface area contributed by atoms with Crippen molar-refractivity contribution in [2.24, 2.45) is 0 Å². The molecule has 0 saturated carbocycles. The number of para-hydroxylation sites is 1. The zero-order valence-electron chi connectivity index (χ0n) is 12.3. The molecule has 4 nitrogen and oxygen atoms in total. The number of hydrogen-bond acceptors (Lipinski definition) is 3. The molecule has 0 saturated heterocycles. The van der Waals surface area contributed by atoms with E-state index < -0.39 is 0 Å². The van der Waals surface area contributed by atoms with Crippen molar-refractivity contribution in [3.05, 3.63) is 54.1 Å². The van der Waals surface area contributed by atoms with Crippen LogP contribution in [0.2, 0.25) is 0 Å². The third-order valence-corrected chi connectivity index (χ3v) is 3.67. The normalized spacial score (nSPS) is 14.0. The van der Waals surface area contributed by atoms with Gasteiger partial charge >= 0.3 is 0 Å². The van der Waals surface area contributed by atoms with Crippen LogP contribution in [-0.2, 0) is 0 Å². The van der Waals surface area contributed by atoms with Crippen molar-refractivity contribution in [3.8, 4) is 11.5 Å². The van der Waals surface area contributed by atoms with Gasteiger partial charge in [-0.3, -0.25) is 0 Å². The molecule has 0 unspecified atom stereocenters. The first-order valence-electron chi connectivity index (χ1n) is 7.24. The fourth-order valence-corrected chi connectivity index (χ4v) is 2.59. The molecule has 0 amide bonds. The van der Waals surface area contributed by atoms with Crippen LogP contribution in [0.15, 0.2) is 48.5 Å². The quantitative estimate of drug-likeness (QED) is 0.849. The van der Waals surface area contributed by atoms with Crippen molar-refractivity contribution in [3.63, 3.8) is 0 Å². The molecule has 2 aromatic rings. The molecule has 0 aliphatic carbocycles. The Morgan fingerprint density at radius 1 is 1.05 bits per heavy atom. The van der Waals surface area contributed by atoms with Gasteiger partial charge in [-0.05, 0) is 49.0 Å². The average molecular weight is 314 g/mol. The van der Waals surface area contributed by atoms with Gasteiger partial charge in [-0.1, -0.05) is 24.3 Å². The van der Waals surface area contributed by atoms with Crippen molar-refractivity contribution in [1.82, 2.24) is 5.32 Å². The molecule has 0 fully saturated rings. The Labute approximate surface area is 135 Å². The summed E-state index contributed by atoms with van der Waals surface area (Å²) in [6.07, 6.45) is 0. The van der Waals surface area contributed by atoms with Gasteiger partial charge in [0.2, 0.25) is 0 Å². The van der Waals surface area contributed by atoms with Crippen molar-refractivity contribution in [2.75, 3.05) is 18.5 Å². The Morgan fingerprint density at radius 3 is 2.55 bits per heavy atom. The van der Waals surface area contributed by atoms with Crippen LogP contribution in [0.1, 0.15) is 18.5 Å². The summed E-state index contributed by atoms with van der Waals surface area (Å²) in [5.41, 5.74) is 2.07. The molecule has 0 spiro atoms. The van der Waals surface area contributed by atoms with E-state index in [0.29, 0.717) is 18.3 Å². The first-order chi connectivity index (χ1) is 10.7. The van der Waals surface area contributed by atoms with E-state index in [1.807, 2.05) is 48.5 Å². The first-order valence-corrected chi connectivity index (χ1v) is 7.65. The Hall–Kier alpha value is -2.27. The first kappa shape index (κ1) is 14.7. The molecule has 1 heterocycles. The molecule has 2 aromatic carbocycles. The number of rotatable bonds is 3. The van der Waals surface area contributed by atoms with Gasteiger partial charge < -0.3 is 20.1 Å². The van der Waals surface area contributed by atoms with E-state index in [9.17, 15) is 0 Å². The maximum Gasteiger partial charge on any atom is 0.171 e. The minimum atomic E-state index is 0.0690. The van der Waals surface area contributed by atoms with E-state index >= 15 is 0 Å². The topological polar surface area (TPSA) is 42.5 Å². The van der Waals surface area contributed by atoms with Gasteiger partial charge in [0.25, 0.3) is 0 Å². The molecule has 114 valence electrons. The van der Waals surface area contributed by atoms with Gasteiger partial charge in [0, 0.05) is 5.69 Å². The summed E-state index contributed by atoms with van der Waals surface area (Å²) in [6.45, 7) is 3.25. The molecule has 5 heteroatoms. The third kappa shape index (κ3) is 3.49. The second-order valence-corrected chi connectivity index (χ2v) is 5.50. The summed E-state index contributed by atoms with van der Waals surface area (Å²) in [6, 6.07) is 15.9. The minimum Gasteiger partial charge on any atom is -0.486 e. The highest BCUT2D eigenvalue weighted by Crippen LogP contribution is 2.32. The lowest BCUT2D eigenvalue weighted by molar-refractivity contribution is 0.171. The molecule has 0 radical (unpaired) electrons. The molecular weight excluding hydrogens is 296 g/mol. The zero-order chi connectivity index (χ0) is 15.4. The van der Waals surface area contributed by atoms with Crippen LogP contribution in [-0.4, -0.2) is 18.3 Å². The zero-order valence-corrected chi connectivity index (χ0v) is 13.2. The van der Waals surface area contributed by atoms with Crippen LogP contribution in [0, 0.1) is 0 Å².